The highest BCUT2D eigenvalue weighted by atomic mass is 14.8. The Labute approximate surface area is 110 Å². The van der Waals surface area contributed by atoms with Gasteiger partial charge in [-0.05, 0) is 29.9 Å². The lowest BCUT2D eigenvalue weighted by atomic mass is 9.98. The lowest BCUT2D eigenvalue weighted by Crippen LogP contribution is -1.92. The maximum Gasteiger partial charge on any atom is 0.0417 e. The van der Waals surface area contributed by atoms with E-state index in [1.165, 1.54) is 54.1 Å². The first-order valence-corrected chi connectivity index (χ1v) is 7.05. The van der Waals surface area contributed by atoms with E-state index in [4.69, 9.17) is 0 Å². The number of hydrogen-bond donors (Lipinski definition) is 1. The molecule has 0 bridgehead atoms. The van der Waals surface area contributed by atoms with Crippen molar-refractivity contribution in [1.82, 2.24) is 0 Å². The fourth-order valence-corrected chi connectivity index (χ4v) is 2.55. The van der Waals surface area contributed by atoms with Gasteiger partial charge in [0.05, 0.1) is 0 Å². The number of hydrogen-bond acceptors (Lipinski definition) is 1. The third kappa shape index (κ3) is 2.84. The van der Waals surface area contributed by atoms with Crippen molar-refractivity contribution in [3.8, 4) is 0 Å². The molecule has 1 nitrogen and oxygen atoms in total. The standard InChI is InChI=1S/C17H23N/c1-3-4-5-6-9-14-10-7-12-16-15(14)11-8-13-17(16)18-2/h7-8,10-13,18H,3-6,9H2,1-2H3. The second-order valence-electron chi connectivity index (χ2n) is 4.88. The molecule has 0 heterocycles. The van der Waals surface area contributed by atoms with Crippen molar-refractivity contribution in [2.24, 2.45) is 0 Å². The first-order valence-electron chi connectivity index (χ1n) is 7.05. The Hall–Kier alpha value is -1.50. The zero-order valence-corrected chi connectivity index (χ0v) is 11.5. The van der Waals surface area contributed by atoms with Crippen LogP contribution in [0.5, 0.6) is 0 Å². The van der Waals surface area contributed by atoms with Gasteiger partial charge in [0.1, 0.15) is 0 Å². The zero-order chi connectivity index (χ0) is 12.8. The molecule has 0 saturated heterocycles. The van der Waals surface area contributed by atoms with Crippen molar-refractivity contribution in [3.05, 3.63) is 42.0 Å². The van der Waals surface area contributed by atoms with Crippen LogP contribution >= 0.6 is 0 Å². The SMILES string of the molecule is CCCCCCc1cccc2c(NC)cccc12. The van der Waals surface area contributed by atoms with Gasteiger partial charge < -0.3 is 5.32 Å². The highest BCUT2D eigenvalue weighted by molar-refractivity contribution is 5.95. The predicted molar refractivity (Wildman–Crippen MR) is 81.3 cm³/mol. The maximum absolute atomic E-state index is 3.27. The van der Waals surface area contributed by atoms with Crippen LogP contribution in [-0.4, -0.2) is 7.05 Å². The molecule has 2 rings (SSSR count). The fourth-order valence-electron chi connectivity index (χ4n) is 2.55. The summed E-state index contributed by atoms with van der Waals surface area (Å²) in [5.41, 5.74) is 2.71. The molecule has 0 radical (unpaired) electrons. The molecule has 0 fully saturated rings. The van der Waals surface area contributed by atoms with Crippen LogP contribution in [-0.2, 0) is 6.42 Å². The fraction of sp³-hybridized carbons (Fsp3) is 0.412. The number of unbranched alkanes of at least 4 members (excludes halogenated alkanes) is 3. The molecular formula is C17H23N. The van der Waals surface area contributed by atoms with E-state index in [0.29, 0.717) is 0 Å². The molecule has 1 N–H and O–H groups in total. The minimum Gasteiger partial charge on any atom is -0.388 e. The van der Waals surface area contributed by atoms with Crippen LogP contribution < -0.4 is 5.32 Å². The largest absolute Gasteiger partial charge is 0.388 e. The van der Waals surface area contributed by atoms with Crippen molar-refractivity contribution in [2.75, 3.05) is 12.4 Å². The summed E-state index contributed by atoms with van der Waals surface area (Å²) in [5, 5.41) is 6.02. The van der Waals surface area contributed by atoms with Crippen LogP contribution in [0.25, 0.3) is 10.8 Å². The monoisotopic (exact) mass is 241 g/mol. The van der Waals surface area contributed by atoms with Crippen LogP contribution in [0, 0.1) is 0 Å². The predicted octanol–water partition coefficient (Wildman–Crippen LogP) is 5.00. The van der Waals surface area contributed by atoms with E-state index < -0.39 is 0 Å². The lowest BCUT2D eigenvalue weighted by Gasteiger charge is -2.10. The van der Waals surface area contributed by atoms with Crippen molar-refractivity contribution >= 4 is 16.5 Å². The minimum atomic E-state index is 1.20. The summed E-state index contributed by atoms with van der Waals surface area (Å²) in [5.74, 6) is 0. The van der Waals surface area contributed by atoms with Gasteiger partial charge in [-0.15, -0.1) is 0 Å². The quantitative estimate of drug-likeness (QED) is 0.701. The topological polar surface area (TPSA) is 12.0 Å². The second-order valence-corrected chi connectivity index (χ2v) is 4.88. The molecule has 0 aliphatic heterocycles. The number of fused-ring (bicyclic) bond motifs is 1. The van der Waals surface area contributed by atoms with E-state index >= 15 is 0 Å². The first kappa shape index (κ1) is 12.9. The normalized spacial score (nSPS) is 10.8. The Balaban J connectivity index is 2.23. The van der Waals surface area contributed by atoms with Gasteiger partial charge in [0.15, 0.2) is 0 Å². The van der Waals surface area contributed by atoms with Crippen molar-refractivity contribution < 1.29 is 0 Å². The molecule has 0 aromatic heterocycles. The molecule has 0 aliphatic rings. The molecule has 2 aromatic rings. The smallest absolute Gasteiger partial charge is 0.0417 e. The van der Waals surface area contributed by atoms with E-state index in [1.807, 2.05) is 7.05 Å². The molecule has 0 unspecified atom stereocenters. The van der Waals surface area contributed by atoms with E-state index in [-0.39, 0.29) is 0 Å². The summed E-state index contributed by atoms with van der Waals surface area (Å²) in [6, 6.07) is 13.2. The van der Waals surface area contributed by atoms with Gasteiger partial charge >= 0.3 is 0 Å². The van der Waals surface area contributed by atoms with Gasteiger partial charge in [-0.3, -0.25) is 0 Å². The van der Waals surface area contributed by atoms with Crippen molar-refractivity contribution in [2.45, 2.75) is 39.0 Å². The summed E-state index contributed by atoms with van der Waals surface area (Å²) in [4.78, 5) is 0. The minimum absolute atomic E-state index is 1.20. The molecule has 96 valence electrons. The van der Waals surface area contributed by atoms with Gasteiger partial charge in [-0.1, -0.05) is 56.5 Å². The molecule has 18 heavy (non-hydrogen) atoms. The molecule has 2 aromatic carbocycles. The summed E-state index contributed by atoms with van der Waals surface area (Å²) in [7, 11) is 1.99. The number of nitrogens with one attached hydrogen (secondary N) is 1. The number of rotatable bonds is 6. The number of anilines is 1. The van der Waals surface area contributed by atoms with Gasteiger partial charge in [0, 0.05) is 18.1 Å². The highest BCUT2D eigenvalue weighted by Crippen LogP contribution is 2.26. The van der Waals surface area contributed by atoms with Crippen molar-refractivity contribution in [3.63, 3.8) is 0 Å². The van der Waals surface area contributed by atoms with Crippen LogP contribution in [0.4, 0.5) is 5.69 Å². The van der Waals surface area contributed by atoms with E-state index in [1.54, 1.807) is 0 Å². The maximum atomic E-state index is 3.27. The van der Waals surface area contributed by atoms with E-state index in [0.717, 1.165) is 0 Å². The molecule has 0 atom stereocenters. The Bertz CT molecular complexity index is 502. The number of benzene rings is 2. The van der Waals surface area contributed by atoms with Crippen LogP contribution in [0.3, 0.4) is 0 Å². The first-order chi connectivity index (χ1) is 8.86. The summed E-state index contributed by atoms with van der Waals surface area (Å²) >= 11 is 0. The van der Waals surface area contributed by atoms with Gasteiger partial charge in [0.25, 0.3) is 0 Å². The second kappa shape index (κ2) is 6.44. The van der Waals surface area contributed by atoms with Gasteiger partial charge in [-0.25, -0.2) is 0 Å². The Morgan fingerprint density at radius 1 is 0.889 bits per heavy atom. The van der Waals surface area contributed by atoms with E-state index in [2.05, 4.69) is 48.6 Å². The average Bonchev–Trinajstić information content (AvgIpc) is 2.43. The van der Waals surface area contributed by atoms with Crippen molar-refractivity contribution in [1.29, 1.82) is 0 Å². The Kier molecular flexibility index (Phi) is 4.63. The zero-order valence-electron chi connectivity index (χ0n) is 11.5. The number of aryl methyl sites for hydroxylation is 1. The molecule has 1 heteroatoms. The molecule has 0 saturated carbocycles. The summed E-state index contributed by atoms with van der Waals surface area (Å²) < 4.78 is 0. The van der Waals surface area contributed by atoms with Gasteiger partial charge in [0.2, 0.25) is 0 Å². The molecule has 0 amide bonds. The third-order valence-electron chi connectivity index (χ3n) is 3.58. The van der Waals surface area contributed by atoms with Gasteiger partial charge in [-0.2, -0.15) is 0 Å². The molecular weight excluding hydrogens is 218 g/mol. The summed E-state index contributed by atoms with van der Waals surface area (Å²) in [6.45, 7) is 2.26. The van der Waals surface area contributed by atoms with E-state index in [9.17, 15) is 0 Å². The highest BCUT2D eigenvalue weighted by Gasteiger charge is 2.03. The summed E-state index contributed by atoms with van der Waals surface area (Å²) in [6.07, 6.45) is 6.51. The molecule has 0 aliphatic carbocycles. The van der Waals surface area contributed by atoms with Crippen LogP contribution in [0.2, 0.25) is 0 Å². The Morgan fingerprint density at radius 2 is 1.67 bits per heavy atom. The lowest BCUT2D eigenvalue weighted by molar-refractivity contribution is 0.668. The van der Waals surface area contributed by atoms with Crippen LogP contribution in [0.1, 0.15) is 38.2 Å². The average molecular weight is 241 g/mol. The Morgan fingerprint density at radius 3 is 2.44 bits per heavy atom. The van der Waals surface area contributed by atoms with Crippen LogP contribution in [0.15, 0.2) is 36.4 Å². The third-order valence-corrected chi connectivity index (χ3v) is 3.58. The molecule has 0 spiro atoms.